The number of anilines is 1. The van der Waals surface area contributed by atoms with Crippen molar-refractivity contribution in [1.29, 1.82) is 0 Å². The van der Waals surface area contributed by atoms with Crippen molar-refractivity contribution in [1.82, 2.24) is 15.5 Å². The fraction of sp³-hybridized carbons (Fsp3) is 0.778. The monoisotopic (exact) mass is 270 g/mol. The molecular weight excluding hydrogens is 256 g/mol. The summed E-state index contributed by atoms with van der Waals surface area (Å²) >= 11 is 0. The predicted molar refractivity (Wildman–Crippen MR) is 55.8 cm³/mol. The van der Waals surface area contributed by atoms with Crippen molar-refractivity contribution in [2.45, 2.75) is 32.2 Å². The molecule has 5 nitrogen and oxygen atoms in total. The van der Waals surface area contributed by atoms with E-state index in [4.69, 9.17) is 4.42 Å². The van der Waals surface area contributed by atoms with Gasteiger partial charge in [-0.1, -0.05) is 12.0 Å². The van der Waals surface area contributed by atoms with Crippen molar-refractivity contribution in [2.24, 2.45) is 0 Å². The van der Waals surface area contributed by atoms with Crippen molar-refractivity contribution < 1.29 is 22.0 Å². The molecule has 9 heteroatoms. The number of aromatic nitrogens is 2. The third-order valence-corrected chi connectivity index (χ3v) is 2.12. The lowest BCUT2D eigenvalue weighted by molar-refractivity contribution is -0.117. The van der Waals surface area contributed by atoms with Crippen LogP contribution >= 0.6 is 0 Å². The minimum Gasteiger partial charge on any atom is -0.406 e. The zero-order chi connectivity index (χ0) is 13.8. The third-order valence-electron chi connectivity index (χ3n) is 2.12. The van der Waals surface area contributed by atoms with Crippen molar-refractivity contribution in [3.8, 4) is 0 Å². The molecule has 1 heterocycles. The molecule has 1 atom stereocenters. The molecule has 0 aliphatic rings. The molecule has 0 spiro atoms. The maximum absolute atomic E-state index is 12.6. The van der Waals surface area contributed by atoms with Gasteiger partial charge in [0.15, 0.2) is 0 Å². The first-order valence-corrected chi connectivity index (χ1v) is 5.33. The van der Waals surface area contributed by atoms with Crippen LogP contribution < -0.4 is 10.6 Å². The molecule has 1 aromatic heterocycles. The first-order valence-electron chi connectivity index (χ1n) is 5.33. The minimum atomic E-state index is -4.14. The molecule has 2 N–H and O–H groups in total. The number of hydrogen-bond acceptors (Lipinski definition) is 5. The lowest BCUT2D eigenvalue weighted by Crippen LogP contribution is -2.34. The zero-order valence-electron chi connectivity index (χ0n) is 9.88. The number of nitrogens with zero attached hydrogens (tertiary/aromatic N) is 2. The molecule has 0 saturated heterocycles. The van der Waals surface area contributed by atoms with Crippen LogP contribution in [0, 0.1) is 0 Å². The topological polar surface area (TPSA) is 63.0 Å². The van der Waals surface area contributed by atoms with Crippen molar-refractivity contribution >= 4 is 6.01 Å². The maximum atomic E-state index is 12.6. The Kier molecular flexibility index (Phi) is 4.88. The molecule has 1 rings (SSSR count). The van der Waals surface area contributed by atoms with Gasteiger partial charge in [-0.15, -0.1) is 5.10 Å². The summed E-state index contributed by atoms with van der Waals surface area (Å²) < 4.78 is 54.0. The Balaban J connectivity index is 2.54. The Bertz CT molecular complexity index is 371. The Morgan fingerprint density at radius 1 is 1.33 bits per heavy atom. The lowest BCUT2D eigenvalue weighted by Gasteiger charge is -2.14. The van der Waals surface area contributed by atoms with E-state index in [9.17, 15) is 17.6 Å². The van der Waals surface area contributed by atoms with Crippen LogP contribution in [0.25, 0.3) is 0 Å². The summed E-state index contributed by atoms with van der Waals surface area (Å²) in [6.07, 6.45) is -3.74. The van der Waals surface area contributed by atoms with Crippen molar-refractivity contribution in [3.05, 3.63) is 5.89 Å². The van der Waals surface area contributed by atoms with E-state index in [2.05, 4.69) is 15.5 Å². The summed E-state index contributed by atoms with van der Waals surface area (Å²) in [6, 6.07) is -0.552. The second kappa shape index (κ2) is 5.98. The summed E-state index contributed by atoms with van der Waals surface area (Å²) in [5, 5.41) is 12.0. The van der Waals surface area contributed by atoms with E-state index in [1.165, 1.54) is 0 Å². The summed E-state index contributed by atoms with van der Waals surface area (Å²) in [6.45, 7) is 3.02. The van der Waals surface area contributed by atoms with E-state index in [1.54, 1.807) is 6.92 Å². The SMILES string of the molecule is CCNC(C)c1nnc(NCC(F)(F)C(F)F)o1. The molecule has 0 saturated carbocycles. The lowest BCUT2D eigenvalue weighted by atomic mass is 10.3. The quantitative estimate of drug-likeness (QED) is 0.742. The highest BCUT2D eigenvalue weighted by Crippen LogP contribution is 2.23. The van der Waals surface area contributed by atoms with Crippen LogP contribution in [0.15, 0.2) is 4.42 Å². The maximum Gasteiger partial charge on any atom is 0.324 e. The molecule has 1 aromatic rings. The second-order valence-corrected chi connectivity index (χ2v) is 3.64. The molecule has 0 radical (unpaired) electrons. The molecule has 1 unspecified atom stereocenters. The molecule has 0 aliphatic heterocycles. The standard InChI is InChI=1S/C9H14F4N4O/c1-3-14-5(2)6-16-17-8(18-6)15-4-9(12,13)7(10)11/h5,7,14H,3-4H2,1-2H3,(H,15,17). The van der Waals surface area contributed by atoms with E-state index in [-0.39, 0.29) is 17.9 Å². The van der Waals surface area contributed by atoms with Gasteiger partial charge in [0.05, 0.1) is 12.6 Å². The van der Waals surface area contributed by atoms with Gasteiger partial charge in [0, 0.05) is 0 Å². The van der Waals surface area contributed by atoms with E-state index < -0.39 is 18.9 Å². The van der Waals surface area contributed by atoms with E-state index in [1.807, 2.05) is 12.2 Å². The normalized spacial score (nSPS) is 13.9. The Morgan fingerprint density at radius 2 is 2.00 bits per heavy atom. The zero-order valence-corrected chi connectivity index (χ0v) is 9.88. The summed E-state index contributed by atoms with van der Waals surface area (Å²) in [5.41, 5.74) is 0. The van der Waals surface area contributed by atoms with Gasteiger partial charge in [0.1, 0.15) is 0 Å². The van der Waals surface area contributed by atoms with Crippen molar-refractivity contribution in [2.75, 3.05) is 18.4 Å². The van der Waals surface area contributed by atoms with Gasteiger partial charge in [-0.25, -0.2) is 8.78 Å². The number of halogens is 4. The molecule has 0 fully saturated rings. The molecule has 0 aromatic carbocycles. The van der Waals surface area contributed by atoms with E-state index >= 15 is 0 Å². The van der Waals surface area contributed by atoms with Gasteiger partial charge in [-0.05, 0) is 13.5 Å². The van der Waals surface area contributed by atoms with Crippen LogP contribution in [0.3, 0.4) is 0 Å². The molecule has 104 valence electrons. The fourth-order valence-corrected chi connectivity index (χ4v) is 1.15. The largest absolute Gasteiger partial charge is 0.406 e. The number of hydrogen-bond donors (Lipinski definition) is 2. The molecule has 0 amide bonds. The molecule has 0 bridgehead atoms. The summed E-state index contributed by atoms with van der Waals surface area (Å²) in [4.78, 5) is 0. The highest BCUT2D eigenvalue weighted by atomic mass is 19.3. The van der Waals surface area contributed by atoms with Crippen LogP contribution in [0.1, 0.15) is 25.8 Å². The Hall–Kier alpha value is -1.38. The van der Waals surface area contributed by atoms with Gasteiger partial charge < -0.3 is 15.1 Å². The van der Waals surface area contributed by atoms with Gasteiger partial charge in [0.2, 0.25) is 5.89 Å². The summed E-state index contributed by atoms with van der Waals surface area (Å²) in [7, 11) is 0. The molecule has 18 heavy (non-hydrogen) atoms. The van der Waals surface area contributed by atoms with Crippen LogP contribution in [0.2, 0.25) is 0 Å². The van der Waals surface area contributed by atoms with E-state index in [0.717, 1.165) is 0 Å². The first kappa shape index (κ1) is 14.7. The fourth-order valence-electron chi connectivity index (χ4n) is 1.15. The highest BCUT2D eigenvalue weighted by molar-refractivity contribution is 5.18. The first-order chi connectivity index (χ1) is 8.36. The van der Waals surface area contributed by atoms with Gasteiger partial charge >= 0.3 is 18.4 Å². The van der Waals surface area contributed by atoms with Crippen LogP contribution in [-0.2, 0) is 0 Å². The number of rotatable bonds is 7. The average Bonchev–Trinajstić information content (AvgIpc) is 2.75. The van der Waals surface area contributed by atoms with Gasteiger partial charge in [0.25, 0.3) is 0 Å². The van der Waals surface area contributed by atoms with Crippen LogP contribution in [0.4, 0.5) is 23.6 Å². The predicted octanol–water partition coefficient (Wildman–Crippen LogP) is 2.05. The highest BCUT2D eigenvalue weighted by Gasteiger charge is 2.40. The minimum absolute atomic E-state index is 0.194. The van der Waals surface area contributed by atoms with Crippen LogP contribution in [-0.4, -0.2) is 35.6 Å². The average molecular weight is 270 g/mol. The van der Waals surface area contributed by atoms with Gasteiger partial charge in [-0.2, -0.15) is 8.78 Å². The Morgan fingerprint density at radius 3 is 2.56 bits per heavy atom. The van der Waals surface area contributed by atoms with Crippen molar-refractivity contribution in [3.63, 3.8) is 0 Å². The Labute approximate surface area is 101 Å². The van der Waals surface area contributed by atoms with E-state index in [0.29, 0.717) is 6.54 Å². The van der Waals surface area contributed by atoms with Crippen LogP contribution in [0.5, 0.6) is 0 Å². The number of alkyl halides is 4. The second-order valence-electron chi connectivity index (χ2n) is 3.64. The number of nitrogens with one attached hydrogen (secondary N) is 2. The molecular formula is C9H14F4N4O. The smallest absolute Gasteiger partial charge is 0.324 e. The molecule has 0 aliphatic carbocycles. The van der Waals surface area contributed by atoms with Gasteiger partial charge in [-0.3, -0.25) is 0 Å². The third kappa shape index (κ3) is 3.83. The summed E-state index contributed by atoms with van der Waals surface area (Å²) in [5.74, 6) is -3.94.